The maximum Gasteiger partial charge on any atom is 0.338 e. The van der Waals surface area contributed by atoms with Gasteiger partial charge in [0.25, 0.3) is 0 Å². The fraction of sp³-hybridized carbons (Fsp3) is 0.500. The molecule has 3 nitrogen and oxygen atoms in total. The zero-order valence-electron chi connectivity index (χ0n) is 9.06. The summed E-state index contributed by atoms with van der Waals surface area (Å²) in [6.45, 7) is 0. The first kappa shape index (κ1) is 11.5. The predicted octanol–water partition coefficient (Wildman–Crippen LogP) is 3.06. The molecule has 2 rings (SSSR count). The highest BCUT2D eigenvalue weighted by Crippen LogP contribution is 2.31. The summed E-state index contributed by atoms with van der Waals surface area (Å²) in [7, 11) is 0. The number of aromatic nitrogens is 1. The molecule has 4 heteroatoms. The molecule has 1 heterocycles. The topological polar surface area (TPSA) is 50.2 Å². The highest BCUT2D eigenvalue weighted by atomic mass is 32.2. The van der Waals surface area contributed by atoms with Gasteiger partial charge < -0.3 is 5.11 Å². The second-order valence-electron chi connectivity index (χ2n) is 4.14. The first-order valence-corrected chi connectivity index (χ1v) is 6.56. The Bertz CT molecular complexity index is 375. The summed E-state index contributed by atoms with van der Waals surface area (Å²) < 4.78 is 0. The van der Waals surface area contributed by atoms with E-state index in [1.54, 1.807) is 24.0 Å². The molecule has 1 aromatic rings. The van der Waals surface area contributed by atoms with Crippen LogP contribution >= 0.6 is 11.8 Å². The summed E-state index contributed by atoms with van der Waals surface area (Å²) in [5.41, 5.74) is 0.325. The van der Waals surface area contributed by atoms with Gasteiger partial charge in [-0.2, -0.15) is 0 Å². The standard InChI is InChI=1S/C12H15NO2S/c14-12(15)10-7-13-6-5-11(10)16-8-9-3-1-2-4-9/h5-7,9H,1-4,8H2,(H,14,15). The summed E-state index contributed by atoms with van der Waals surface area (Å²) in [6.07, 6.45) is 8.32. The summed E-state index contributed by atoms with van der Waals surface area (Å²) in [6, 6.07) is 1.79. The highest BCUT2D eigenvalue weighted by Gasteiger charge is 2.17. The molecular weight excluding hydrogens is 222 g/mol. The number of thioether (sulfide) groups is 1. The van der Waals surface area contributed by atoms with Crippen LogP contribution in [0.15, 0.2) is 23.4 Å². The van der Waals surface area contributed by atoms with Gasteiger partial charge in [-0.15, -0.1) is 11.8 Å². The fourth-order valence-electron chi connectivity index (χ4n) is 2.05. The van der Waals surface area contributed by atoms with E-state index in [-0.39, 0.29) is 0 Å². The van der Waals surface area contributed by atoms with Crippen molar-refractivity contribution in [3.05, 3.63) is 24.0 Å². The molecule has 1 saturated carbocycles. The number of hydrogen-bond acceptors (Lipinski definition) is 3. The lowest BCUT2D eigenvalue weighted by Gasteiger charge is -2.09. The molecule has 0 spiro atoms. The van der Waals surface area contributed by atoms with Crippen LogP contribution < -0.4 is 0 Å². The van der Waals surface area contributed by atoms with Crippen molar-refractivity contribution in [2.45, 2.75) is 30.6 Å². The van der Waals surface area contributed by atoms with Crippen molar-refractivity contribution < 1.29 is 9.90 Å². The maximum absolute atomic E-state index is 11.0. The van der Waals surface area contributed by atoms with Crippen LogP contribution in [0.1, 0.15) is 36.0 Å². The van der Waals surface area contributed by atoms with Crippen molar-refractivity contribution in [2.75, 3.05) is 5.75 Å². The van der Waals surface area contributed by atoms with Crippen LogP contribution in [-0.2, 0) is 0 Å². The third-order valence-corrected chi connectivity index (χ3v) is 4.27. The minimum Gasteiger partial charge on any atom is -0.478 e. The van der Waals surface area contributed by atoms with Gasteiger partial charge in [-0.3, -0.25) is 4.98 Å². The van der Waals surface area contributed by atoms with Crippen LogP contribution in [0.3, 0.4) is 0 Å². The van der Waals surface area contributed by atoms with E-state index in [1.807, 2.05) is 0 Å². The Kier molecular flexibility index (Phi) is 3.83. The molecule has 0 aromatic carbocycles. The molecule has 1 aliphatic carbocycles. The number of pyridine rings is 1. The summed E-state index contributed by atoms with van der Waals surface area (Å²) >= 11 is 1.65. The SMILES string of the molecule is O=C(O)c1cnccc1SCC1CCCC1. The molecule has 1 N–H and O–H groups in total. The summed E-state index contributed by atoms with van der Waals surface area (Å²) in [4.78, 5) is 15.7. The molecule has 0 unspecified atom stereocenters. The van der Waals surface area contributed by atoms with Crippen LogP contribution in [-0.4, -0.2) is 21.8 Å². The van der Waals surface area contributed by atoms with E-state index in [2.05, 4.69) is 4.98 Å². The number of carboxylic acid groups (broad SMARTS) is 1. The van der Waals surface area contributed by atoms with Gasteiger partial charge >= 0.3 is 5.97 Å². The van der Waals surface area contributed by atoms with Gasteiger partial charge in [0.1, 0.15) is 0 Å². The predicted molar refractivity (Wildman–Crippen MR) is 63.9 cm³/mol. The zero-order valence-corrected chi connectivity index (χ0v) is 9.87. The van der Waals surface area contributed by atoms with Gasteiger partial charge in [0.05, 0.1) is 5.56 Å². The van der Waals surface area contributed by atoms with Gasteiger partial charge in [-0.05, 0) is 24.8 Å². The van der Waals surface area contributed by atoms with Crippen LogP contribution in [0.4, 0.5) is 0 Å². The number of aromatic carboxylic acids is 1. The number of rotatable bonds is 4. The molecule has 0 saturated heterocycles. The van der Waals surface area contributed by atoms with Crippen molar-refractivity contribution in [1.82, 2.24) is 4.98 Å². The van der Waals surface area contributed by atoms with Gasteiger partial charge in [0.15, 0.2) is 0 Å². The molecule has 1 aliphatic rings. The maximum atomic E-state index is 11.0. The average molecular weight is 237 g/mol. The monoisotopic (exact) mass is 237 g/mol. The van der Waals surface area contributed by atoms with E-state index in [0.29, 0.717) is 5.56 Å². The molecule has 0 bridgehead atoms. The molecule has 1 aromatic heterocycles. The van der Waals surface area contributed by atoms with Crippen molar-refractivity contribution in [1.29, 1.82) is 0 Å². The molecule has 0 atom stereocenters. The Morgan fingerprint density at radius 3 is 2.94 bits per heavy atom. The lowest BCUT2D eigenvalue weighted by molar-refractivity contribution is 0.0692. The van der Waals surface area contributed by atoms with E-state index in [1.165, 1.54) is 31.9 Å². The molecule has 16 heavy (non-hydrogen) atoms. The number of nitrogens with zero attached hydrogens (tertiary/aromatic N) is 1. The van der Waals surface area contributed by atoms with Crippen LogP contribution in [0.5, 0.6) is 0 Å². The largest absolute Gasteiger partial charge is 0.478 e. The third-order valence-electron chi connectivity index (χ3n) is 2.96. The van der Waals surface area contributed by atoms with Crippen LogP contribution in [0.2, 0.25) is 0 Å². The van der Waals surface area contributed by atoms with Crippen LogP contribution in [0, 0.1) is 5.92 Å². The minimum absolute atomic E-state index is 0.325. The van der Waals surface area contributed by atoms with Gasteiger partial charge in [-0.25, -0.2) is 4.79 Å². The van der Waals surface area contributed by atoms with Gasteiger partial charge in [0.2, 0.25) is 0 Å². The third kappa shape index (κ3) is 2.76. The lowest BCUT2D eigenvalue weighted by Crippen LogP contribution is -2.02. The van der Waals surface area contributed by atoms with Crippen molar-refractivity contribution in [2.24, 2.45) is 5.92 Å². The zero-order chi connectivity index (χ0) is 11.4. The Hall–Kier alpha value is -1.03. The number of carboxylic acids is 1. The minimum atomic E-state index is -0.887. The molecular formula is C12H15NO2S. The Morgan fingerprint density at radius 2 is 2.25 bits per heavy atom. The van der Waals surface area contributed by atoms with Crippen LogP contribution in [0.25, 0.3) is 0 Å². The Labute approximate surface area is 99.3 Å². The Balaban J connectivity index is 2.00. The smallest absolute Gasteiger partial charge is 0.338 e. The first-order chi connectivity index (χ1) is 7.77. The molecule has 0 aliphatic heterocycles. The first-order valence-electron chi connectivity index (χ1n) is 5.57. The van der Waals surface area contributed by atoms with Gasteiger partial charge in [-0.1, -0.05) is 12.8 Å². The second kappa shape index (κ2) is 5.34. The fourth-order valence-corrected chi connectivity index (χ4v) is 3.25. The molecule has 86 valence electrons. The quantitative estimate of drug-likeness (QED) is 0.818. The van der Waals surface area contributed by atoms with Crippen molar-refractivity contribution in [3.63, 3.8) is 0 Å². The normalized spacial score (nSPS) is 16.5. The van der Waals surface area contributed by atoms with E-state index in [0.717, 1.165) is 16.6 Å². The summed E-state index contributed by atoms with van der Waals surface area (Å²) in [5.74, 6) is 0.909. The van der Waals surface area contributed by atoms with Crippen molar-refractivity contribution >= 4 is 17.7 Å². The van der Waals surface area contributed by atoms with E-state index in [9.17, 15) is 4.79 Å². The lowest BCUT2D eigenvalue weighted by atomic mass is 10.1. The summed E-state index contributed by atoms with van der Waals surface area (Å²) in [5, 5.41) is 9.00. The van der Waals surface area contributed by atoms with E-state index >= 15 is 0 Å². The number of carbonyl (C=O) groups is 1. The van der Waals surface area contributed by atoms with E-state index in [4.69, 9.17) is 5.11 Å². The highest BCUT2D eigenvalue weighted by molar-refractivity contribution is 7.99. The second-order valence-corrected chi connectivity index (χ2v) is 5.20. The molecule has 1 fully saturated rings. The Morgan fingerprint density at radius 1 is 1.50 bits per heavy atom. The molecule has 0 amide bonds. The molecule has 0 radical (unpaired) electrons. The van der Waals surface area contributed by atoms with E-state index < -0.39 is 5.97 Å². The number of hydrogen-bond donors (Lipinski definition) is 1. The van der Waals surface area contributed by atoms with Crippen molar-refractivity contribution in [3.8, 4) is 0 Å². The van der Waals surface area contributed by atoms with Gasteiger partial charge in [0, 0.05) is 23.0 Å². The average Bonchev–Trinajstić information content (AvgIpc) is 2.79.